The molecule has 2 saturated heterocycles. The van der Waals surface area contributed by atoms with Crippen LogP contribution < -0.4 is 16.0 Å². The average molecular weight is 239 g/mol. The number of nitrogens with one attached hydrogen (secondary N) is 3. The maximum absolute atomic E-state index is 12.3. The summed E-state index contributed by atoms with van der Waals surface area (Å²) in [5, 5.41) is 9.97. The topological polar surface area (TPSA) is 53.2 Å². The van der Waals surface area contributed by atoms with E-state index in [1.54, 1.807) is 0 Å². The Hall–Kier alpha value is -0.610. The van der Waals surface area contributed by atoms with Crippen molar-refractivity contribution in [3.63, 3.8) is 0 Å². The first kappa shape index (κ1) is 12.8. The third kappa shape index (κ3) is 2.99. The van der Waals surface area contributed by atoms with Crippen LogP contribution in [0.1, 0.15) is 39.5 Å². The zero-order valence-corrected chi connectivity index (χ0v) is 11.0. The lowest BCUT2D eigenvalue weighted by molar-refractivity contribution is -0.129. The standard InChI is InChI=1S/C13H25N3O/c1-10-9-14-8-5-11(10)16-12(17)13(2)6-3-4-7-15-13/h10-11,14-15H,3-9H2,1-2H3,(H,16,17). The first-order chi connectivity index (χ1) is 8.12. The summed E-state index contributed by atoms with van der Waals surface area (Å²) < 4.78 is 0. The Morgan fingerprint density at radius 1 is 1.35 bits per heavy atom. The van der Waals surface area contributed by atoms with Crippen molar-refractivity contribution in [3.05, 3.63) is 0 Å². The van der Waals surface area contributed by atoms with Crippen LogP contribution in [0.25, 0.3) is 0 Å². The highest BCUT2D eigenvalue weighted by molar-refractivity contribution is 5.86. The number of rotatable bonds is 2. The Morgan fingerprint density at radius 3 is 2.82 bits per heavy atom. The SMILES string of the molecule is CC1CNCCC1NC(=O)C1(C)CCCCN1. The van der Waals surface area contributed by atoms with Crippen LogP contribution in [0.15, 0.2) is 0 Å². The van der Waals surface area contributed by atoms with Gasteiger partial charge in [-0.15, -0.1) is 0 Å². The Labute approximate surface area is 104 Å². The van der Waals surface area contributed by atoms with E-state index >= 15 is 0 Å². The molecule has 0 radical (unpaired) electrons. The minimum absolute atomic E-state index is 0.191. The van der Waals surface area contributed by atoms with Gasteiger partial charge in [0.25, 0.3) is 0 Å². The van der Waals surface area contributed by atoms with Gasteiger partial charge in [-0.05, 0) is 58.2 Å². The van der Waals surface area contributed by atoms with Gasteiger partial charge in [0, 0.05) is 6.04 Å². The summed E-state index contributed by atoms with van der Waals surface area (Å²) in [5.41, 5.74) is -0.344. The van der Waals surface area contributed by atoms with Crippen molar-refractivity contribution in [1.82, 2.24) is 16.0 Å². The van der Waals surface area contributed by atoms with E-state index in [9.17, 15) is 4.79 Å². The van der Waals surface area contributed by atoms with E-state index in [1.807, 2.05) is 6.92 Å². The van der Waals surface area contributed by atoms with Crippen molar-refractivity contribution in [3.8, 4) is 0 Å². The van der Waals surface area contributed by atoms with Gasteiger partial charge in [-0.2, -0.15) is 0 Å². The highest BCUT2D eigenvalue weighted by Gasteiger charge is 2.36. The van der Waals surface area contributed by atoms with Crippen LogP contribution in [0.4, 0.5) is 0 Å². The summed E-state index contributed by atoms with van der Waals surface area (Å²) in [6.07, 6.45) is 4.34. The number of amides is 1. The molecule has 98 valence electrons. The third-order valence-corrected chi connectivity index (χ3v) is 4.22. The summed E-state index contributed by atoms with van der Waals surface area (Å²) in [7, 11) is 0. The van der Waals surface area contributed by atoms with Crippen molar-refractivity contribution in [1.29, 1.82) is 0 Å². The quantitative estimate of drug-likeness (QED) is 0.662. The van der Waals surface area contributed by atoms with Crippen LogP contribution in [0.3, 0.4) is 0 Å². The van der Waals surface area contributed by atoms with Crippen LogP contribution in [-0.2, 0) is 4.79 Å². The minimum Gasteiger partial charge on any atom is -0.351 e. The molecule has 17 heavy (non-hydrogen) atoms. The molecule has 3 atom stereocenters. The first-order valence-corrected chi connectivity index (χ1v) is 6.88. The van der Waals surface area contributed by atoms with Crippen LogP contribution in [-0.4, -0.2) is 37.1 Å². The second-order valence-electron chi connectivity index (χ2n) is 5.77. The van der Waals surface area contributed by atoms with Gasteiger partial charge in [0.2, 0.25) is 5.91 Å². The van der Waals surface area contributed by atoms with Crippen molar-refractivity contribution in [2.75, 3.05) is 19.6 Å². The molecule has 2 heterocycles. The molecule has 3 N–H and O–H groups in total. The summed E-state index contributed by atoms with van der Waals surface area (Å²) in [5.74, 6) is 0.718. The largest absolute Gasteiger partial charge is 0.351 e. The van der Waals surface area contributed by atoms with Gasteiger partial charge in [0.1, 0.15) is 0 Å². The molecule has 0 aromatic heterocycles. The Balaban J connectivity index is 1.90. The Kier molecular flexibility index (Phi) is 4.05. The molecule has 0 aromatic rings. The molecule has 0 aliphatic carbocycles. The molecule has 2 rings (SSSR count). The van der Waals surface area contributed by atoms with Gasteiger partial charge in [-0.1, -0.05) is 6.92 Å². The van der Waals surface area contributed by atoms with Crippen molar-refractivity contribution < 1.29 is 4.79 Å². The second-order valence-corrected chi connectivity index (χ2v) is 5.77. The summed E-state index contributed by atoms with van der Waals surface area (Å²) in [6.45, 7) is 7.22. The summed E-state index contributed by atoms with van der Waals surface area (Å²) in [6, 6.07) is 0.337. The van der Waals surface area contributed by atoms with Crippen molar-refractivity contribution in [2.24, 2.45) is 5.92 Å². The van der Waals surface area contributed by atoms with Crippen LogP contribution in [0, 0.1) is 5.92 Å². The molecule has 0 saturated carbocycles. The lowest BCUT2D eigenvalue weighted by Gasteiger charge is -2.37. The molecule has 0 aromatic carbocycles. The van der Waals surface area contributed by atoms with Crippen LogP contribution in [0.5, 0.6) is 0 Å². The normalized spacial score (nSPS) is 38.7. The fraction of sp³-hybridized carbons (Fsp3) is 0.923. The summed E-state index contributed by atoms with van der Waals surface area (Å²) in [4.78, 5) is 12.3. The van der Waals surface area contributed by atoms with Crippen molar-refractivity contribution >= 4 is 5.91 Å². The molecule has 3 unspecified atom stereocenters. The van der Waals surface area contributed by atoms with Gasteiger partial charge in [-0.3, -0.25) is 4.79 Å². The van der Waals surface area contributed by atoms with E-state index in [1.165, 1.54) is 6.42 Å². The molecule has 0 spiro atoms. The molecule has 2 aliphatic rings. The van der Waals surface area contributed by atoms with Gasteiger partial charge >= 0.3 is 0 Å². The van der Waals surface area contributed by atoms with Gasteiger partial charge in [0.15, 0.2) is 0 Å². The molecule has 1 amide bonds. The lowest BCUT2D eigenvalue weighted by atomic mass is 9.88. The molecule has 0 bridgehead atoms. The predicted octanol–water partition coefficient (Wildman–Crippen LogP) is 0.633. The van der Waals surface area contributed by atoms with E-state index in [2.05, 4.69) is 22.9 Å². The maximum Gasteiger partial charge on any atom is 0.240 e. The maximum atomic E-state index is 12.3. The van der Waals surface area contributed by atoms with E-state index in [-0.39, 0.29) is 11.4 Å². The molecule has 4 nitrogen and oxygen atoms in total. The van der Waals surface area contributed by atoms with Crippen LogP contribution in [0.2, 0.25) is 0 Å². The van der Waals surface area contributed by atoms with Gasteiger partial charge < -0.3 is 16.0 Å². The summed E-state index contributed by atoms with van der Waals surface area (Å²) >= 11 is 0. The highest BCUT2D eigenvalue weighted by Crippen LogP contribution is 2.20. The smallest absolute Gasteiger partial charge is 0.240 e. The molecule has 4 heteroatoms. The predicted molar refractivity (Wildman–Crippen MR) is 68.8 cm³/mol. The van der Waals surface area contributed by atoms with E-state index in [0.29, 0.717) is 12.0 Å². The number of carbonyl (C=O) groups is 1. The number of hydrogen-bond donors (Lipinski definition) is 3. The van der Waals surface area contributed by atoms with Crippen molar-refractivity contribution in [2.45, 2.75) is 51.1 Å². The average Bonchev–Trinajstić information content (AvgIpc) is 2.33. The second kappa shape index (κ2) is 5.36. The molecule has 2 aliphatic heterocycles. The van der Waals surface area contributed by atoms with E-state index in [4.69, 9.17) is 0 Å². The Morgan fingerprint density at radius 2 is 2.18 bits per heavy atom. The lowest BCUT2D eigenvalue weighted by Crippen LogP contribution is -2.60. The number of piperidine rings is 2. The number of carbonyl (C=O) groups excluding carboxylic acids is 1. The van der Waals surface area contributed by atoms with E-state index in [0.717, 1.165) is 38.9 Å². The fourth-order valence-corrected chi connectivity index (χ4v) is 2.81. The van der Waals surface area contributed by atoms with Crippen LogP contribution >= 0.6 is 0 Å². The highest BCUT2D eigenvalue weighted by atomic mass is 16.2. The first-order valence-electron chi connectivity index (χ1n) is 6.88. The molecular weight excluding hydrogens is 214 g/mol. The fourth-order valence-electron chi connectivity index (χ4n) is 2.81. The minimum atomic E-state index is -0.344. The molecule has 2 fully saturated rings. The van der Waals surface area contributed by atoms with Gasteiger partial charge in [-0.25, -0.2) is 0 Å². The number of hydrogen-bond acceptors (Lipinski definition) is 3. The zero-order chi connectivity index (χ0) is 12.3. The van der Waals surface area contributed by atoms with E-state index < -0.39 is 0 Å². The third-order valence-electron chi connectivity index (χ3n) is 4.22. The Bertz CT molecular complexity index is 274. The zero-order valence-electron chi connectivity index (χ0n) is 11.0. The monoisotopic (exact) mass is 239 g/mol. The van der Waals surface area contributed by atoms with Gasteiger partial charge in [0.05, 0.1) is 5.54 Å². The molecular formula is C13H25N3O.